The van der Waals surface area contributed by atoms with Gasteiger partial charge in [-0.3, -0.25) is 4.90 Å². The zero-order valence-electron chi connectivity index (χ0n) is 15.7. The molecular weight excluding hydrogens is 397 g/mol. The van der Waals surface area contributed by atoms with Crippen LogP contribution in [0.25, 0.3) is 10.4 Å². The van der Waals surface area contributed by atoms with Gasteiger partial charge < -0.3 is 0 Å². The Morgan fingerprint density at radius 3 is 2.54 bits per heavy atom. The molecule has 0 spiro atoms. The van der Waals surface area contributed by atoms with E-state index in [-0.39, 0.29) is 11.6 Å². The Bertz CT molecular complexity index is 929. The first-order chi connectivity index (χ1) is 13.5. The fourth-order valence-electron chi connectivity index (χ4n) is 3.27. The lowest BCUT2D eigenvalue weighted by Crippen LogP contribution is -2.48. The van der Waals surface area contributed by atoms with E-state index < -0.39 is 10.0 Å². The number of nitriles is 1. The van der Waals surface area contributed by atoms with Crippen LogP contribution >= 0.6 is 11.3 Å². The molecule has 0 amide bonds. The molecule has 0 N–H and O–H groups in total. The highest BCUT2D eigenvalue weighted by atomic mass is 32.2. The minimum Gasteiger partial charge on any atom is -0.296 e. The van der Waals surface area contributed by atoms with Crippen molar-refractivity contribution in [2.24, 2.45) is 0 Å². The van der Waals surface area contributed by atoms with Crippen LogP contribution in [0, 0.1) is 17.1 Å². The van der Waals surface area contributed by atoms with Gasteiger partial charge in [0.25, 0.3) is 0 Å². The molecule has 1 aromatic carbocycles. The zero-order valence-corrected chi connectivity index (χ0v) is 17.3. The molecule has 0 bridgehead atoms. The number of nitrogens with zero attached hydrogens (tertiary/aromatic N) is 3. The van der Waals surface area contributed by atoms with Gasteiger partial charge >= 0.3 is 0 Å². The van der Waals surface area contributed by atoms with Crippen LogP contribution in [-0.2, 0) is 16.6 Å². The topological polar surface area (TPSA) is 64.4 Å². The Morgan fingerprint density at radius 1 is 1.07 bits per heavy atom. The Labute approximate surface area is 170 Å². The van der Waals surface area contributed by atoms with Gasteiger partial charge in [0.1, 0.15) is 5.82 Å². The van der Waals surface area contributed by atoms with Gasteiger partial charge in [-0.1, -0.05) is 18.2 Å². The maximum Gasteiger partial charge on any atom is 0.214 e. The molecule has 0 unspecified atom stereocenters. The Balaban J connectivity index is 1.51. The molecule has 0 saturated carbocycles. The highest BCUT2D eigenvalue weighted by Gasteiger charge is 2.26. The van der Waals surface area contributed by atoms with E-state index in [1.165, 1.54) is 6.07 Å². The fraction of sp³-hybridized carbons (Fsp3) is 0.450. The van der Waals surface area contributed by atoms with Crippen molar-refractivity contribution in [3.05, 3.63) is 47.1 Å². The van der Waals surface area contributed by atoms with Gasteiger partial charge in [-0.2, -0.15) is 9.57 Å². The van der Waals surface area contributed by atoms with Crippen LogP contribution < -0.4 is 0 Å². The average molecular weight is 422 g/mol. The standard InChI is InChI=1S/C20H24FN3O2S2/c21-19-7-3-2-6-18(19)20-9-8-17(27-20)16-23-11-13-24(14-12-23)28(25,26)15-5-1-4-10-22/h2-3,6-9H,1,4-5,11-16H2. The molecule has 1 fully saturated rings. The summed E-state index contributed by atoms with van der Waals surface area (Å²) < 4.78 is 40.3. The number of sulfonamides is 1. The molecule has 1 aliphatic rings. The van der Waals surface area contributed by atoms with E-state index in [2.05, 4.69) is 4.90 Å². The van der Waals surface area contributed by atoms with Crippen LogP contribution in [0.15, 0.2) is 36.4 Å². The summed E-state index contributed by atoms with van der Waals surface area (Å²) >= 11 is 1.58. The summed E-state index contributed by atoms with van der Waals surface area (Å²) in [5, 5.41) is 8.54. The third kappa shape index (κ3) is 5.39. The van der Waals surface area contributed by atoms with Crippen molar-refractivity contribution in [1.29, 1.82) is 5.26 Å². The summed E-state index contributed by atoms with van der Waals surface area (Å²) in [5.74, 6) is -0.101. The second kappa shape index (κ2) is 9.61. The number of hydrogen-bond donors (Lipinski definition) is 0. The second-order valence-corrected chi connectivity index (χ2v) is 10.1. The van der Waals surface area contributed by atoms with Gasteiger partial charge in [0.15, 0.2) is 0 Å². The van der Waals surface area contributed by atoms with Gasteiger partial charge in [0.05, 0.1) is 11.8 Å². The Kier molecular flexibility index (Phi) is 7.18. The summed E-state index contributed by atoms with van der Waals surface area (Å²) in [6, 6.07) is 12.8. The number of rotatable bonds is 8. The minimum atomic E-state index is -3.24. The first kappa shape index (κ1) is 20.9. The Morgan fingerprint density at radius 2 is 1.82 bits per heavy atom. The fourth-order valence-corrected chi connectivity index (χ4v) is 5.90. The predicted octanol–water partition coefficient (Wildman–Crippen LogP) is 3.70. The van der Waals surface area contributed by atoms with Crippen molar-refractivity contribution in [3.8, 4) is 16.5 Å². The number of halogens is 1. The maximum atomic E-state index is 13.9. The number of unbranched alkanes of at least 4 members (excludes halogenated alkanes) is 2. The second-order valence-electron chi connectivity index (χ2n) is 6.85. The lowest BCUT2D eigenvalue weighted by Gasteiger charge is -2.33. The van der Waals surface area contributed by atoms with E-state index in [9.17, 15) is 12.8 Å². The minimum absolute atomic E-state index is 0.117. The third-order valence-electron chi connectivity index (χ3n) is 4.85. The highest BCUT2D eigenvalue weighted by Crippen LogP contribution is 2.30. The van der Waals surface area contributed by atoms with Gasteiger partial charge in [-0.25, -0.2) is 12.8 Å². The van der Waals surface area contributed by atoms with Crippen LogP contribution in [0.2, 0.25) is 0 Å². The quantitative estimate of drug-likeness (QED) is 0.610. The molecule has 1 aromatic heterocycles. The summed E-state index contributed by atoms with van der Waals surface area (Å²) in [4.78, 5) is 4.29. The molecular formula is C20H24FN3O2S2. The van der Waals surface area contributed by atoms with Crippen LogP contribution in [-0.4, -0.2) is 49.6 Å². The first-order valence-electron chi connectivity index (χ1n) is 9.40. The molecule has 2 heterocycles. The average Bonchev–Trinajstić information content (AvgIpc) is 3.14. The monoisotopic (exact) mass is 421 g/mol. The molecule has 0 aliphatic carbocycles. The van der Waals surface area contributed by atoms with Crippen LogP contribution in [0.3, 0.4) is 0 Å². The number of hydrogen-bond acceptors (Lipinski definition) is 5. The summed E-state index contributed by atoms with van der Waals surface area (Å²) in [6.07, 6.45) is 1.56. The number of piperazine rings is 1. The molecule has 3 rings (SSSR count). The largest absolute Gasteiger partial charge is 0.296 e. The molecule has 0 radical (unpaired) electrons. The number of thiophene rings is 1. The van der Waals surface area contributed by atoms with Gasteiger partial charge in [-0.05, 0) is 31.0 Å². The normalized spacial score (nSPS) is 16.1. The van der Waals surface area contributed by atoms with Crippen LogP contribution in [0.1, 0.15) is 24.1 Å². The van der Waals surface area contributed by atoms with Crippen molar-refractivity contribution >= 4 is 21.4 Å². The van der Waals surface area contributed by atoms with E-state index in [1.54, 1.807) is 27.8 Å². The van der Waals surface area contributed by atoms with Crippen molar-refractivity contribution in [3.63, 3.8) is 0 Å². The molecule has 8 heteroatoms. The SMILES string of the molecule is N#CCCCCS(=O)(=O)N1CCN(Cc2ccc(-c3ccccc3F)s2)CC1. The summed E-state index contributed by atoms with van der Waals surface area (Å²) in [6.45, 7) is 3.10. The molecule has 1 saturated heterocycles. The van der Waals surface area contributed by atoms with Crippen molar-refractivity contribution < 1.29 is 12.8 Å². The predicted molar refractivity (Wildman–Crippen MR) is 110 cm³/mol. The third-order valence-corrected chi connectivity index (χ3v) is 7.91. The summed E-state index contributed by atoms with van der Waals surface area (Å²) in [7, 11) is -3.24. The molecule has 28 heavy (non-hydrogen) atoms. The van der Waals surface area contributed by atoms with Crippen molar-refractivity contribution in [1.82, 2.24) is 9.21 Å². The smallest absolute Gasteiger partial charge is 0.214 e. The van der Waals surface area contributed by atoms with E-state index in [1.807, 2.05) is 24.3 Å². The first-order valence-corrected chi connectivity index (χ1v) is 11.8. The summed E-state index contributed by atoms with van der Waals surface area (Å²) in [5.41, 5.74) is 0.617. The number of benzene rings is 1. The van der Waals surface area contributed by atoms with Gasteiger partial charge in [0.2, 0.25) is 10.0 Å². The molecule has 5 nitrogen and oxygen atoms in total. The van der Waals surface area contributed by atoms with E-state index in [0.717, 1.165) is 16.3 Å². The van der Waals surface area contributed by atoms with Crippen LogP contribution in [0.5, 0.6) is 0 Å². The van der Waals surface area contributed by atoms with Crippen molar-refractivity contribution in [2.45, 2.75) is 25.8 Å². The lowest BCUT2D eigenvalue weighted by atomic mass is 10.2. The maximum absolute atomic E-state index is 13.9. The highest BCUT2D eigenvalue weighted by molar-refractivity contribution is 7.89. The molecule has 2 aromatic rings. The zero-order chi connectivity index (χ0) is 20.0. The van der Waals surface area contributed by atoms with Gasteiger partial charge in [0, 0.05) is 54.5 Å². The molecule has 0 atom stereocenters. The lowest BCUT2D eigenvalue weighted by molar-refractivity contribution is 0.183. The molecule has 1 aliphatic heterocycles. The van der Waals surface area contributed by atoms with E-state index in [0.29, 0.717) is 51.0 Å². The Hall–Kier alpha value is -1.79. The van der Waals surface area contributed by atoms with E-state index in [4.69, 9.17) is 5.26 Å². The van der Waals surface area contributed by atoms with Crippen molar-refractivity contribution in [2.75, 3.05) is 31.9 Å². The van der Waals surface area contributed by atoms with E-state index >= 15 is 0 Å². The van der Waals surface area contributed by atoms with Gasteiger partial charge in [-0.15, -0.1) is 11.3 Å². The van der Waals surface area contributed by atoms with Crippen LogP contribution in [0.4, 0.5) is 4.39 Å². The molecule has 150 valence electrons.